The van der Waals surface area contributed by atoms with Crippen molar-refractivity contribution in [3.8, 4) is 11.3 Å². The van der Waals surface area contributed by atoms with Gasteiger partial charge in [-0.15, -0.1) is 0 Å². The molecule has 2 rings (SSSR count). The van der Waals surface area contributed by atoms with Crippen molar-refractivity contribution >= 4 is 17.9 Å². The molecule has 0 aliphatic rings. The summed E-state index contributed by atoms with van der Waals surface area (Å²) < 4.78 is 14.5. The molecule has 0 amide bonds. The minimum atomic E-state index is -0.486. The van der Waals surface area contributed by atoms with Crippen LogP contribution >= 0.6 is 11.6 Å². The van der Waals surface area contributed by atoms with Crippen molar-refractivity contribution < 1.29 is 9.18 Å². The largest absolute Gasteiger partial charge is 0.298 e. The average Bonchev–Trinajstić information content (AvgIpc) is 2.64. The van der Waals surface area contributed by atoms with Crippen LogP contribution in [0.1, 0.15) is 10.4 Å². The van der Waals surface area contributed by atoms with Crippen molar-refractivity contribution in [3.05, 3.63) is 40.8 Å². The van der Waals surface area contributed by atoms with Gasteiger partial charge in [0.1, 0.15) is 5.82 Å². The zero-order valence-electron chi connectivity index (χ0n) is 8.45. The first kappa shape index (κ1) is 10.8. The third-order valence-corrected chi connectivity index (χ3v) is 2.58. The van der Waals surface area contributed by atoms with Gasteiger partial charge in [0.25, 0.3) is 0 Å². The lowest BCUT2D eigenvalue weighted by atomic mass is 10.1. The fourth-order valence-electron chi connectivity index (χ4n) is 1.54. The van der Waals surface area contributed by atoms with Crippen LogP contribution in [0.2, 0.25) is 5.02 Å². The number of hydrogen-bond donors (Lipinski definition) is 0. The second kappa shape index (κ2) is 4.06. The second-order valence-electron chi connectivity index (χ2n) is 3.32. The summed E-state index contributed by atoms with van der Waals surface area (Å²) in [7, 11) is 1.71. The summed E-state index contributed by atoms with van der Waals surface area (Å²) in [6.45, 7) is 0. The minimum Gasteiger partial charge on any atom is -0.298 e. The Bertz CT molecular complexity index is 551. The molecule has 0 N–H and O–H groups in total. The van der Waals surface area contributed by atoms with Crippen molar-refractivity contribution in [2.75, 3.05) is 0 Å². The number of rotatable bonds is 2. The standard InChI is InChI=1S/C11H8ClFN2O/c1-15-11(8(6-16)5-14-15)7-2-3-10(13)9(12)4-7/h2-6H,1H3. The SMILES string of the molecule is Cn1ncc(C=O)c1-c1ccc(F)c(Cl)c1. The molecule has 0 aliphatic carbocycles. The Morgan fingerprint density at radius 1 is 1.50 bits per heavy atom. The van der Waals surface area contributed by atoms with Crippen LogP contribution in [-0.4, -0.2) is 16.1 Å². The lowest BCUT2D eigenvalue weighted by Crippen LogP contribution is -1.95. The molecule has 0 atom stereocenters. The highest BCUT2D eigenvalue weighted by Crippen LogP contribution is 2.26. The molecule has 0 saturated heterocycles. The molecule has 0 saturated carbocycles. The Morgan fingerprint density at radius 3 is 2.88 bits per heavy atom. The van der Waals surface area contributed by atoms with Crippen molar-refractivity contribution in [3.63, 3.8) is 0 Å². The third kappa shape index (κ3) is 1.72. The van der Waals surface area contributed by atoms with E-state index in [4.69, 9.17) is 11.6 Å². The van der Waals surface area contributed by atoms with Crippen LogP contribution in [-0.2, 0) is 7.05 Å². The molecule has 82 valence electrons. The van der Waals surface area contributed by atoms with Gasteiger partial charge in [-0.25, -0.2) is 4.39 Å². The first-order valence-electron chi connectivity index (χ1n) is 4.56. The monoisotopic (exact) mass is 238 g/mol. The summed E-state index contributed by atoms with van der Waals surface area (Å²) in [6.07, 6.45) is 2.17. The molecular formula is C11H8ClFN2O. The summed E-state index contributed by atoms with van der Waals surface area (Å²) in [4.78, 5) is 10.8. The van der Waals surface area contributed by atoms with Gasteiger partial charge in [-0.05, 0) is 18.2 Å². The van der Waals surface area contributed by atoms with Crippen LogP contribution in [0.5, 0.6) is 0 Å². The maximum Gasteiger partial charge on any atom is 0.153 e. The predicted molar refractivity (Wildman–Crippen MR) is 59.0 cm³/mol. The molecule has 1 aromatic carbocycles. The molecule has 5 heteroatoms. The minimum absolute atomic E-state index is 0.0237. The van der Waals surface area contributed by atoms with Crippen molar-refractivity contribution in [2.24, 2.45) is 7.05 Å². The lowest BCUT2D eigenvalue weighted by Gasteiger charge is -2.04. The highest BCUT2D eigenvalue weighted by molar-refractivity contribution is 6.31. The third-order valence-electron chi connectivity index (χ3n) is 2.29. The number of benzene rings is 1. The van der Waals surface area contributed by atoms with E-state index in [0.717, 1.165) is 0 Å². The second-order valence-corrected chi connectivity index (χ2v) is 3.73. The maximum absolute atomic E-state index is 13.0. The smallest absolute Gasteiger partial charge is 0.153 e. The van der Waals surface area contributed by atoms with E-state index in [1.807, 2.05) is 0 Å². The zero-order valence-corrected chi connectivity index (χ0v) is 9.20. The van der Waals surface area contributed by atoms with E-state index >= 15 is 0 Å². The number of carbonyl (C=O) groups excluding carboxylic acids is 1. The molecular weight excluding hydrogens is 231 g/mol. The zero-order chi connectivity index (χ0) is 11.7. The molecule has 16 heavy (non-hydrogen) atoms. The Labute approximate surface area is 96.5 Å². The summed E-state index contributed by atoms with van der Waals surface area (Å²) in [5.74, 6) is -0.486. The number of aromatic nitrogens is 2. The first-order valence-corrected chi connectivity index (χ1v) is 4.94. The number of aldehydes is 1. The van der Waals surface area contributed by atoms with E-state index in [-0.39, 0.29) is 5.02 Å². The van der Waals surface area contributed by atoms with Gasteiger partial charge in [-0.3, -0.25) is 9.48 Å². The van der Waals surface area contributed by atoms with Gasteiger partial charge >= 0.3 is 0 Å². The van der Waals surface area contributed by atoms with Gasteiger partial charge in [0.2, 0.25) is 0 Å². The molecule has 0 unspecified atom stereocenters. The Balaban J connectivity index is 2.62. The summed E-state index contributed by atoms with van der Waals surface area (Å²) in [5, 5.41) is 3.99. The Hall–Kier alpha value is -1.68. The number of nitrogens with zero attached hydrogens (tertiary/aromatic N) is 2. The Kier molecular flexibility index (Phi) is 2.75. The molecule has 0 spiro atoms. The van der Waals surface area contributed by atoms with Gasteiger partial charge < -0.3 is 0 Å². The number of carbonyl (C=O) groups is 1. The molecule has 1 heterocycles. The fraction of sp³-hybridized carbons (Fsp3) is 0.0909. The molecule has 0 fully saturated rings. The molecule has 2 aromatic rings. The van der Waals surface area contributed by atoms with Gasteiger partial charge in [0.05, 0.1) is 22.5 Å². The van der Waals surface area contributed by atoms with Crippen LogP contribution in [0.3, 0.4) is 0 Å². The van der Waals surface area contributed by atoms with Crippen LogP contribution in [0.4, 0.5) is 4.39 Å². The Morgan fingerprint density at radius 2 is 2.25 bits per heavy atom. The predicted octanol–water partition coefficient (Wildman–Crippen LogP) is 2.69. The summed E-state index contributed by atoms with van der Waals surface area (Å²) in [5.41, 5.74) is 1.73. The van der Waals surface area contributed by atoms with Crippen LogP contribution in [0, 0.1) is 5.82 Å². The summed E-state index contributed by atoms with van der Waals surface area (Å²) >= 11 is 5.69. The number of aryl methyl sites for hydroxylation is 1. The maximum atomic E-state index is 13.0. The van der Waals surface area contributed by atoms with Gasteiger partial charge in [0.15, 0.2) is 6.29 Å². The van der Waals surface area contributed by atoms with E-state index in [0.29, 0.717) is 23.1 Å². The lowest BCUT2D eigenvalue weighted by molar-refractivity contribution is 0.112. The summed E-state index contributed by atoms with van der Waals surface area (Å²) in [6, 6.07) is 4.30. The highest BCUT2D eigenvalue weighted by Gasteiger charge is 2.11. The quantitative estimate of drug-likeness (QED) is 0.754. The van der Waals surface area contributed by atoms with Crippen LogP contribution in [0.15, 0.2) is 24.4 Å². The van der Waals surface area contributed by atoms with Crippen molar-refractivity contribution in [1.82, 2.24) is 9.78 Å². The van der Waals surface area contributed by atoms with E-state index in [1.165, 1.54) is 18.3 Å². The number of halogens is 2. The number of hydrogen-bond acceptors (Lipinski definition) is 2. The van der Waals surface area contributed by atoms with Gasteiger partial charge in [-0.1, -0.05) is 11.6 Å². The van der Waals surface area contributed by atoms with Gasteiger partial charge in [-0.2, -0.15) is 5.10 Å². The van der Waals surface area contributed by atoms with Crippen molar-refractivity contribution in [2.45, 2.75) is 0 Å². The topological polar surface area (TPSA) is 34.9 Å². The van der Waals surface area contributed by atoms with Crippen molar-refractivity contribution in [1.29, 1.82) is 0 Å². The van der Waals surface area contributed by atoms with Crippen LogP contribution < -0.4 is 0 Å². The molecule has 3 nitrogen and oxygen atoms in total. The first-order chi connectivity index (χ1) is 7.63. The van der Waals surface area contributed by atoms with E-state index < -0.39 is 5.82 Å². The molecule has 0 aliphatic heterocycles. The van der Waals surface area contributed by atoms with E-state index in [1.54, 1.807) is 17.8 Å². The van der Waals surface area contributed by atoms with E-state index in [2.05, 4.69) is 5.10 Å². The fourth-order valence-corrected chi connectivity index (χ4v) is 1.72. The van der Waals surface area contributed by atoms with Crippen LogP contribution in [0.25, 0.3) is 11.3 Å². The van der Waals surface area contributed by atoms with Gasteiger partial charge in [0, 0.05) is 12.6 Å². The molecule has 1 aromatic heterocycles. The average molecular weight is 239 g/mol. The molecule has 0 radical (unpaired) electrons. The molecule has 0 bridgehead atoms. The highest BCUT2D eigenvalue weighted by atomic mass is 35.5. The van der Waals surface area contributed by atoms with E-state index in [9.17, 15) is 9.18 Å². The normalized spacial score (nSPS) is 10.4.